The largest absolute Gasteiger partial charge is 0.392 e. The van der Waals surface area contributed by atoms with E-state index in [-0.39, 0.29) is 11.4 Å². The molecule has 0 rings (SSSR count). The van der Waals surface area contributed by atoms with Crippen LogP contribution in [0.4, 0.5) is 0 Å². The second-order valence-electron chi connectivity index (χ2n) is 4.58. The predicted octanol–water partition coefficient (Wildman–Crippen LogP) is 0.262. The monoisotopic (exact) mass is 202 g/mol. The maximum absolute atomic E-state index is 11.2. The van der Waals surface area contributed by atoms with Crippen molar-refractivity contribution in [1.29, 1.82) is 0 Å². The van der Waals surface area contributed by atoms with Crippen LogP contribution in [0.25, 0.3) is 0 Å². The average molecular weight is 202 g/mol. The van der Waals surface area contributed by atoms with Crippen LogP contribution in [0.5, 0.6) is 0 Å². The number of rotatable bonds is 5. The first-order chi connectivity index (χ1) is 6.31. The topological polar surface area (TPSA) is 61.4 Å². The van der Waals surface area contributed by atoms with Gasteiger partial charge in [0.1, 0.15) is 0 Å². The third kappa shape index (κ3) is 9.48. The lowest BCUT2D eigenvalue weighted by molar-refractivity contribution is -0.121. The van der Waals surface area contributed by atoms with Crippen LogP contribution in [0, 0.1) is 0 Å². The minimum atomic E-state index is -0.477. The van der Waals surface area contributed by atoms with Crippen LogP contribution in [0.1, 0.15) is 34.1 Å². The van der Waals surface area contributed by atoms with E-state index in [9.17, 15) is 4.79 Å². The minimum absolute atomic E-state index is 0.0253. The van der Waals surface area contributed by atoms with Gasteiger partial charge in [-0.25, -0.2) is 0 Å². The van der Waals surface area contributed by atoms with E-state index in [1.165, 1.54) is 0 Å². The molecule has 1 amide bonds. The number of aliphatic hydroxyl groups is 1. The zero-order chi connectivity index (χ0) is 11.2. The third-order valence-corrected chi connectivity index (χ3v) is 1.60. The lowest BCUT2D eigenvalue weighted by Gasteiger charge is -2.20. The van der Waals surface area contributed by atoms with Gasteiger partial charge in [0, 0.05) is 25.0 Å². The van der Waals surface area contributed by atoms with Gasteiger partial charge in [0.25, 0.3) is 0 Å². The summed E-state index contributed by atoms with van der Waals surface area (Å²) in [4.78, 5) is 11.2. The molecule has 0 spiro atoms. The Balaban J connectivity index is 3.46. The van der Waals surface area contributed by atoms with E-state index in [0.29, 0.717) is 19.5 Å². The molecule has 0 aromatic rings. The molecule has 0 aliphatic carbocycles. The highest BCUT2D eigenvalue weighted by Crippen LogP contribution is 1.97. The van der Waals surface area contributed by atoms with E-state index in [2.05, 4.69) is 31.4 Å². The van der Waals surface area contributed by atoms with Crippen molar-refractivity contribution >= 4 is 5.91 Å². The molecule has 4 heteroatoms. The first-order valence-electron chi connectivity index (χ1n) is 5.01. The molecular formula is C10H22N2O2. The van der Waals surface area contributed by atoms with Crippen LogP contribution < -0.4 is 10.6 Å². The zero-order valence-electron chi connectivity index (χ0n) is 9.55. The Hall–Kier alpha value is -0.610. The summed E-state index contributed by atoms with van der Waals surface area (Å²) in [6, 6.07) is 0. The van der Waals surface area contributed by atoms with Crippen LogP contribution in [-0.4, -0.2) is 35.7 Å². The molecular weight excluding hydrogens is 180 g/mol. The van der Waals surface area contributed by atoms with Gasteiger partial charge in [-0.05, 0) is 27.7 Å². The van der Waals surface area contributed by atoms with Crippen molar-refractivity contribution in [2.45, 2.75) is 45.8 Å². The number of nitrogens with one attached hydrogen (secondary N) is 2. The van der Waals surface area contributed by atoms with Gasteiger partial charge < -0.3 is 15.7 Å². The number of aliphatic hydroxyl groups excluding tert-OH is 1. The summed E-state index contributed by atoms with van der Waals surface area (Å²) in [5, 5.41) is 14.8. The van der Waals surface area contributed by atoms with Gasteiger partial charge in [0.05, 0.1) is 6.10 Å². The second kappa shape index (κ2) is 5.98. The molecule has 14 heavy (non-hydrogen) atoms. The normalized spacial score (nSPS) is 13.8. The standard InChI is InChI=1S/C10H22N2O2/c1-8(13)7-11-9(14)5-6-12-10(2,3)4/h8,12-13H,5-7H2,1-4H3,(H,11,14)/t8-/m0/s1. The summed E-state index contributed by atoms with van der Waals surface area (Å²) in [5.74, 6) is -0.0253. The number of amides is 1. The smallest absolute Gasteiger partial charge is 0.221 e. The van der Waals surface area contributed by atoms with Gasteiger partial charge in [-0.1, -0.05) is 0 Å². The predicted molar refractivity (Wildman–Crippen MR) is 57.1 cm³/mol. The molecule has 1 atom stereocenters. The Kier molecular flexibility index (Phi) is 5.72. The minimum Gasteiger partial charge on any atom is -0.392 e. The molecule has 0 aromatic heterocycles. The van der Waals surface area contributed by atoms with Gasteiger partial charge in [-0.15, -0.1) is 0 Å². The van der Waals surface area contributed by atoms with E-state index in [1.54, 1.807) is 6.92 Å². The number of carbonyl (C=O) groups is 1. The summed E-state index contributed by atoms with van der Waals surface area (Å²) < 4.78 is 0. The second-order valence-corrected chi connectivity index (χ2v) is 4.58. The molecule has 0 saturated heterocycles. The highest BCUT2D eigenvalue weighted by molar-refractivity contribution is 5.76. The van der Waals surface area contributed by atoms with E-state index in [4.69, 9.17) is 5.11 Å². The van der Waals surface area contributed by atoms with E-state index in [1.807, 2.05) is 0 Å². The van der Waals surface area contributed by atoms with Crippen molar-refractivity contribution in [3.05, 3.63) is 0 Å². The quantitative estimate of drug-likeness (QED) is 0.599. The van der Waals surface area contributed by atoms with Crippen molar-refractivity contribution in [2.24, 2.45) is 0 Å². The molecule has 0 aliphatic rings. The fraction of sp³-hybridized carbons (Fsp3) is 0.900. The van der Waals surface area contributed by atoms with Crippen molar-refractivity contribution < 1.29 is 9.90 Å². The fourth-order valence-corrected chi connectivity index (χ4v) is 0.901. The lowest BCUT2D eigenvalue weighted by atomic mass is 10.1. The molecule has 0 saturated carbocycles. The Morgan fingerprint density at radius 3 is 2.43 bits per heavy atom. The number of hydrogen-bond acceptors (Lipinski definition) is 3. The first kappa shape index (κ1) is 13.4. The molecule has 4 nitrogen and oxygen atoms in total. The summed E-state index contributed by atoms with van der Waals surface area (Å²) >= 11 is 0. The Labute approximate surface area is 86.1 Å². The van der Waals surface area contributed by atoms with Crippen molar-refractivity contribution in [3.63, 3.8) is 0 Å². The highest BCUT2D eigenvalue weighted by Gasteiger charge is 2.09. The number of hydrogen-bond donors (Lipinski definition) is 3. The molecule has 0 radical (unpaired) electrons. The maximum atomic E-state index is 11.2. The van der Waals surface area contributed by atoms with Crippen LogP contribution in [-0.2, 0) is 4.79 Å². The molecule has 0 aliphatic heterocycles. The van der Waals surface area contributed by atoms with E-state index < -0.39 is 6.10 Å². The van der Waals surface area contributed by atoms with Crippen LogP contribution in [0.3, 0.4) is 0 Å². The van der Waals surface area contributed by atoms with Gasteiger partial charge >= 0.3 is 0 Å². The molecule has 0 fully saturated rings. The summed E-state index contributed by atoms with van der Waals surface area (Å²) in [7, 11) is 0. The summed E-state index contributed by atoms with van der Waals surface area (Å²) in [5.41, 5.74) is 0.0462. The Bertz CT molecular complexity index is 173. The average Bonchev–Trinajstić information content (AvgIpc) is 1.98. The van der Waals surface area contributed by atoms with Gasteiger partial charge in [-0.2, -0.15) is 0 Å². The van der Waals surface area contributed by atoms with E-state index >= 15 is 0 Å². The van der Waals surface area contributed by atoms with Gasteiger partial charge in [0.15, 0.2) is 0 Å². The van der Waals surface area contributed by atoms with Crippen LogP contribution in [0.15, 0.2) is 0 Å². The van der Waals surface area contributed by atoms with Gasteiger partial charge in [0.2, 0.25) is 5.91 Å². The molecule has 0 heterocycles. The fourth-order valence-electron chi connectivity index (χ4n) is 0.901. The zero-order valence-corrected chi connectivity index (χ0v) is 9.55. The van der Waals surface area contributed by atoms with Crippen molar-refractivity contribution in [1.82, 2.24) is 10.6 Å². The lowest BCUT2D eigenvalue weighted by Crippen LogP contribution is -2.39. The Morgan fingerprint density at radius 2 is 2.00 bits per heavy atom. The molecule has 0 aromatic carbocycles. The summed E-state index contributed by atoms with van der Waals surface area (Å²) in [6.45, 7) is 8.80. The van der Waals surface area contributed by atoms with E-state index in [0.717, 1.165) is 0 Å². The van der Waals surface area contributed by atoms with Crippen molar-refractivity contribution in [2.75, 3.05) is 13.1 Å². The Morgan fingerprint density at radius 1 is 1.43 bits per heavy atom. The first-order valence-corrected chi connectivity index (χ1v) is 5.01. The summed E-state index contributed by atoms with van der Waals surface area (Å²) in [6.07, 6.45) is -0.0289. The molecule has 3 N–H and O–H groups in total. The van der Waals surface area contributed by atoms with Crippen molar-refractivity contribution in [3.8, 4) is 0 Å². The third-order valence-electron chi connectivity index (χ3n) is 1.60. The van der Waals surface area contributed by atoms with Gasteiger partial charge in [-0.3, -0.25) is 4.79 Å². The molecule has 84 valence electrons. The van der Waals surface area contributed by atoms with Crippen LogP contribution in [0.2, 0.25) is 0 Å². The molecule has 0 bridgehead atoms. The molecule has 0 unspecified atom stereocenters. The van der Waals surface area contributed by atoms with Crippen LogP contribution >= 0.6 is 0 Å². The number of carbonyl (C=O) groups excluding carboxylic acids is 1. The maximum Gasteiger partial charge on any atom is 0.221 e. The highest BCUT2D eigenvalue weighted by atomic mass is 16.3. The SMILES string of the molecule is C[C@H](O)CNC(=O)CCNC(C)(C)C.